The number of carbonyl (C=O) groups excluding carboxylic acids is 2. The summed E-state index contributed by atoms with van der Waals surface area (Å²) < 4.78 is 25.0. The summed E-state index contributed by atoms with van der Waals surface area (Å²) in [6, 6.07) is 7.66. The molecule has 28 heavy (non-hydrogen) atoms. The van der Waals surface area contributed by atoms with Crippen LogP contribution in [0.4, 0.5) is 4.39 Å². The minimum Gasteiger partial charge on any atom is -0.493 e. The average Bonchev–Trinajstić information content (AvgIpc) is 3.08. The van der Waals surface area contributed by atoms with E-state index in [4.69, 9.17) is 9.47 Å². The van der Waals surface area contributed by atoms with Crippen LogP contribution in [0.1, 0.15) is 28.8 Å². The summed E-state index contributed by atoms with van der Waals surface area (Å²) in [5, 5.41) is 2.90. The Morgan fingerprint density at radius 1 is 0.964 bits per heavy atom. The predicted octanol–water partition coefficient (Wildman–Crippen LogP) is 3.84. The number of hydrogen-bond donors (Lipinski definition) is 0. The summed E-state index contributed by atoms with van der Waals surface area (Å²) in [6.07, 6.45) is 0.912. The van der Waals surface area contributed by atoms with Crippen LogP contribution < -0.4 is 9.47 Å². The number of ketones is 1. The van der Waals surface area contributed by atoms with Gasteiger partial charge in [0, 0.05) is 18.5 Å². The number of Topliss-reactive ketones (excluding diaryl/α,β-unsaturated/α-hetero) is 1. The van der Waals surface area contributed by atoms with Crippen LogP contribution in [0.2, 0.25) is 0 Å². The topological polar surface area (TPSA) is 55.8 Å². The fraction of sp³-hybridized carbons (Fsp3) is 0.273. The van der Waals surface area contributed by atoms with E-state index in [1.54, 1.807) is 31.3 Å². The van der Waals surface area contributed by atoms with Gasteiger partial charge in [0.1, 0.15) is 5.82 Å². The third-order valence-corrected chi connectivity index (χ3v) is 5.90. The summed E-state index contributed by atoms with van der Waals surface area (Å²) in [5.41, 5.74) is 1.37. The lowest BCUT2D eigenvalue weighted by molar-refractivity contribution is -0.129. The zero-order valence-electron chi connectivity index (χ0n) is 15.5. The van der Waals surface area contributed by atoms with E-state index < -0.39 is 6.04 Å². The number of ether oxygens (including phenoxy) is 2. The Morgan fingerprint density at radius 3 is 2.36 bits per heavy atom. The van der Waals surface area contributed by atoms with E-state index in [0.717, 1.165) is 16.3 Å². The second-order valence-electron chi connectivity index (χ2n) is 7.24. The number of benzene rings is 3. The van der Waals surface area contributed by atoms with E-state index in [1.165, 1.54) is 12.1 Å². The third kappa shape index (κ3) is 2.17. The van der Waals surface area contributed by atoms with Crippen molar-refractivity contribution >= 4 is 33.2 Å². The smallest absolute Gasteiger partial charge is 0.223 e. The standard InChI is InChI=1S/C22H18FNO4/c1-27-18-8-14-13-7-11(23)3-4-12(13)21-16(15(14)9-19(18)28-2)10-24-17(22(21)26)5-6-20(24)25/h3-4,7-9,17H,5-6,10H2,1-2H3. The molecule has 0 aromatic heterocycles. The van der Waals surface area contributed by atoms with Crippen LogP contribution in [0.5, 0.6) is 11.5 Å². The van der Waals surface area contributed by atoms with Gasteiger partial charge in [0.05, 0.1) is 20.3 Å². The highest BCUT2D eigenvalue weighted by atomic mass is 19.1. The Hall–Kier alpha value is -3.15. The van der Waals surface area contributed by atoms with Crippen molar-refractivity contribution in [2.45, 2.75) is 25.4 Å². The van der Waals surface area contributed by atoms with Crippen LogP contribution in [0, 0.1) is 5.82 Å². The van der Waals surface area contributed by atoms with E-state index >= 15 is 0 Å². The molecule has 0 saturated carbocycles. The van der Waals surface area contributed by atoms with Crippen molar-refractivity contribution in [1.82, 2.24) is 4.90 Å². The predicted molar refractivity (Wildman–Crippen MR) is 102 cm³/mol. The zero-order chi connectivity index (χ0) is 19.6. The fourth-order valence-corrected chi connectivity index (χ4v) is 4.59. The van der Waals surface area contributed by atoms with Gasteiger partial charge in [0.25, 0.3) is 0 Å². The van der Waals surface area contributed by atoms with E-state index in [0.29, 0.717) is 47.2 Å². The molecule has 0 aliphatic carbocycles. The van der Waals surface area contributed by atoms with Crippen molar-refractivity contribution in [3.8, 4) is 11.5 Å². The molecule has 1 fully saturated rings. The second-order valence-corrected chi connectivity index (χ2v) is 7.24. The third-order valence-electron chi connectivity index (χ3n) is 5.90. The second kappa shape index (κ2) is 5.92. The van der Waals surface area contributed by atoms with Crippen LogP contribution in [-0.4, -0.2) is 36.9 Å². The highest BCUT2D eigenvalue weighted by Crippen LogP contribution is 2.43. The molecule has 1 atom stereocenters. The number of nitrogens with zero attached hydrogens (tertiary/aromatic N) is 1. The maximum Gasteiger partial charge on any atom is 0.223 e. The van der Waals surface area contributed by atoms with Gasteiger partial charge < -0.3 is 14.4 Å². The molecular formula is C22H18FNO4. The monoisotopic (exact) mass is 379 g/mol. The molecule has 5 rings (SSSR count). The van der Waals surface area contributed by atoms with Crippen LogP contribution >= 0.6 is 0 Å². The SMILES string of the molecule is COc1cc2c3c(c4ccc(F)cc4c2cc1OC)C(=O)C1CCC(=O)N1C3. The van der Waals surface area contributed by atoms with Crippen LogP contribution in [0.15, 0.2) is 30.3 Å². The largest absolute Gasteiger partial charge is 0.493 e. The number of methoxy groups -OCH3 is 2. The first kappa shape index (κ1) is 17.0. The number of fused-ring (bicyclic) bond motifs is 7. The van der Waals surface area contributed by atoms with Gasteiger partial charge >= 0.3 is 0 Å². The minimum atomic E-state index is -0.425. The van der Waals surface area contributed by atoms with E-state index in [1.807, 2.05) is 6.07 Å². The Balaban J connectivity index is 1.94. The van der Waals surface area contributed by atoms with Gasteiger partial charge in [-0.05, 0) is 57.8 Å². The highest BCUT2D eigenvalue weighted by molar-refractivity contribution is 6.22. The molecule has 3 aromatic carbocycles. The Bertz CT molecular complexity index is 1190. The average molecular weight is 379 g/mol. The maximum absolute atomic E-state index is 14.1. The van der Waals surface area contributed by atoms with E-state index in [9.17, 15) is 14.0 Å². The van der Waals surface area contributed by atoms with Crippen molar-refractivity contribution < 1.29 is 23.5 Å². The fourth-order valence-electron chi connectivity index (χ4n) is 4.59. The number of carbonyl (C=O) groups is 2. The van der Waals surface area contributed by atoms with Gasteiger partial charge in [-0.15, -0.1) is 0 Å². The molecule has 1 unspecified atom stereocenters. The van der Waals surface area contributed by atoms with Crippen molar-refractivity contribution in [1.29, 1.82) is 0 Å². The molecule has 0 spiro atoms. The molecule has 5 nitrogen and oxygen atoms in total. The van der Waals surface area contributed by atoms with Crippen molar-refractivity contribution in [2.24, 2.45) is 0 Å². The summed E-state index contributed by atoms with van der Waals surface area (Å²) in [4.78, 5) is 27.3. The Morgan fingerprint density at radius 2 is 1.64 bits per heavy atom. The van der Waals surface area contributed by atoms with Crippen molar-refractivity contribution in [3.63, 3.8) is 0 Å². The van der Waals surface area contributed by atoms with Crippen LogP contribution in [0.3, 0.4) is 0 Å². The molecular weight excluding hydrogens is 361 g/mol. The first-order chi connectivity index (χ1) is 13.5. The van der Waals surface area contributed by atoms with Gasteiger partial charge in [0.2, 0.25) is 5.91 Å². The van der Waals surface area contributed by atoms with Crippen LogP contribution in [-0.2, 0) is 11.3 Å². The van der Waals surface area contributed by atoms with Crippen molar-refractivity contribution in [3.05, 3.63) is 47.3 Å². The number of hydrogen-bond acceptors (Lipinski definition) is 4. The van der Waals surface area contributed by atoms with Gasteiger partial charge in [-0.2, -0.15) is 0 Å². The van der Waals surface area contributed by atoms with Crippen LogP contribution in [0.25, 0.3) is 21.5 Å². The summed E-state index contributed by atoms with van der Waals surface area (Å²) in [6.45, 7) is 0.365. The lowest BCUT2D eigenvalue weighted by atomic mass is 9.84. The molecule has 0 N–H and O–H groups in total. The lowest BCUT2D eigenvalue weighted by Crippen LogP contribution is -2.42. The quantitative estimate of drug-likeness (QED) is 0.635. The van der Waals surface area contributed by atoms with Gasteiger partial charge in [-0.25, -0.2) is 4.39 Å². The number of rotatable bonds is 2. The molecule has 0 radical (unpaired) electrons. The maximum atomic E-state index is 14.1. The van der Waals surface area contributed by atoms with Gasteiger partial charge in [-0.1, -0.05) is 6.07 Å². The summed E-state index contributed by atoms with van der Waals surface area (Å²) in [7, 11) is 3.09. The Labute approximate surface area is 160 Å². The first-order valence-corrected chi connectivity index (χ1v) is 9.17. The zero-order valence-corrected chi connectivity index (χ0v) is 15.5. The normalized spacial score (nSPS) is 18.5. The minimum absolute atomic E-state index is 0.00294. The van der Waals surface area contributed by atoms with Crippen molar-refractivity contribution in [2.75, 3.05) is 14.2 Å². The molecule has 1 saturated heterocycles. The highest BCUT2D eigenvalue weighted by Gasteiger charge is 2.42. The number of halogens is 1. The molecule has 2 heterocycles. The number of amides is 1. The molecule has 0 bridgehead atoms. The van der Waals surface area contributed by atoms with E-state index in [-0.39, 0.29) is 17.5 Å². The Kier molecular flexibility index (Phi) is 3.59. The summed E-state index contributed by atoms with van der Waals surface area (Å²) >= 11 is 0. The molecule has 6 heteroatoms. The molecule has 3 aromatic rings. The summed E-state index contributed by atoms with van der Waals surface area (Å²) in [5.74, 6) is 0.606. The molecule has 1 amide bonds. The molecule has 2 aliphatic rings. The van der Waals surface area contributed by atoms with Gasteiger partial charge in [-0.3, -0.25) is 9.59 Å². The molecule has 142 valence electrons. The molecule has 2 aliphatic heterocycles. The van der Waals surface area contributed by atoms with E-state index in [2.05, 4.69) is 0 Å². The lowest BCUT2D eigenvalue weighted by Gasteiger charge is -2.32. The van der Waals surface area contributed by atoms with Gasteiger partial charge in [0.15, 0.2) is 17.3 Å². The first-order valence-electron chi connectivity index (χ1n) is 9.17.